The lowest BCUT2D eigenvalue weighted by atomic mass is 9.91. The van der Waals surface area contributed by atoms with Crippen molar-refractivity contribution in [3.63, 3.8) is 0 Å². The van der Waals surface area contributed by atoms with Crippen LogP contribution >= 0.6 is 0 Å². The molecule has 0 spiro atoms. The van der Waals surface area contributed by atoms with Crippen molar-refractivity contribution in [3.8, 4) is 0 Å². The number of nitrogens with two attached hydrogens (primary N) is 1. The number of hydrogen-bond donors (Lipinski definition) is 5. The highest BCUT2D eigenvalue weighted by atomic mass is 16.3. The van der Waals surface area contributed by atoms with E-state index in [1.165, 1.54) is 0 Å². The van der Waals surface area contributed by atoms with E-state index in [4.69, 9.17) is 5.73 Å². The fourth-order valence-electron chi connectivity index (χ4n) is 4.20. The van der Waals surface area contributed by atoms with Crippen molar-refractivity contribution in [2.45, 2.75) is 50.4 Å². The Hall–Kier alpha value is -4.50. The van der Waals surface area contributed by atoms with Gasteiger partial charge in [-0.15, -0.1) is 0 Å². The average molecular weight is 531 g/mol. The zero-order chi connectivity index (χ0) is 28.2. The fourth-order valence-corrected chi connectivity index (χ4v) is 4.20. The van der Waals surface area contributed by atoms with Gasteiger partial charge in [0, 0.05) is 12.5 Å². The van der Waals surface area contributed by atoms with Gasteiger partial charge in [-0.2, -0.15) is 0 Å². The number of benzene rings is 3. The van der Waals surface area contributed by atoms with E-state index in [9.17, 15) is 24.3 Å². The molecule has 0 radical (unpaired) electrons. The molecule has 0 aliphatic carbocycles. The molecule has 0 saturated heterocycles. The first-order valence-electron chi connectivity index (χ1n) is 12.7. The molecule has 3 rings (SSSR count). The van der Waals surface area contributed by atoms with Crippen LogP contribution < -0.4 is 21.7 Å². The lowest BCUT2D eigenvalue weighted by Gasteiger charge is -2.29. The number of carbonyl (C=O) groups excluding carboxylic acids is 4. The van der Waals surface area contributed by atoms with Crippen molar-refractivity contribution in [1.29, 1.82) is 0 Å². The molecule has 0 saturated carbocycles. The molecular formula is C30H34N4O5. The normalized spacial score (nSPS) is 13.8. The second-order valence-electron chi connectivity index (χ2n) is 9.34. The molecule has 0 heterocycles. The molecule has 6 N–H and O–H groups in total. The summed E-state index contributed by atoms with van der Waals surface area (Å²) in [5.74, 6) is -3.28. The minimum absolute atomic E-state index is 0.161. The first-order valence-corrected chi connectivity index (χ1v) is 12.7. The van der Waals surface area contributed by atoms with E-state index < -0.39 is 54.2 Å². The minimum Gasteiger partial charge on any atom is -0.381 e. The highest BCUT2D eigenvalue weighted by molar-refractivity contribution is 5.98. The quantitative estimate of drug-likeness (QED) is 0.213. The Morgan fingerprint density at radius 3 is 1.87 bits per heavy atom. The second-order valence-corrected chi connectivity index (χ2v) is 9.34. The topological polar surface area (TPSA) is 151 Å². The van der Waals surface area contributed by atoms with Crippen LogP contribution in [0.1, 0.15) is 36.0 Å². The summed E-state index contributed by atoms with van der Waals surface area (Å²) in [6.07, 6.45) is -2.00. The SMILES string of the molecule is CC(c1ccccc1)[C@H](NC(=O)CC(N)=O)C(=O)N[C@@H](Cc1ccccc1)[C@H](O)C(=O)NCc1ccccc1. The van der Waals surface area contributed by atoms with Crippen molar-refractivity contribution in [2.75, 3.05) is 0 Å². The summed E-state index contributed by atoms with van der Waals surface area (Å²) < 4.78 is 0. The lowest BCUT2D eigenvalue weighted by Crippen LogP contribution is -2.57. The number of hydrogen-bond acceptors (Lipinski definition) is 5. The predicted molar refractivity (Wildman–Crippen MR) is 147 cm³/mol. The molecule has 0 aromatic heterocycles. The molecule has 0 fully saturated rings. The van der Waals surface area contributed by atoms with Gasteiger partial charge >= 0.3 is 0 Å². The van der Waals surface area contributed by atoms with Gasteiger partial charge in [-0.3, -0.25) is 19.2 Å². The van der Waals surface area contributed by atoms with Crippen molar-refractivity contribution in [2.24, 2.45) is 5.73 Å². The third-order valence-corrected chi connectivity index (χ3v) is 6.34. The van der Waals surface area contributed by atoms with Gasteiger partial charge in [0.15, 0.2) is 6.10 Å². The Kier molecular flexibility index (Phi) is 10.8. The van der Waals surface area contributed by atoms with E-state index in [1.807, 2.05) is 91.0 Å². The monoisotopic (exact) mass is 530 g/mol. The molecule has 0 aliphatic rings. The zero-order valence-electron chi connectivity index (χ0n) is 21.7. The number of nitrogens with one attached hydrogen (secondary N) is 3. The maximum Gasteiger partial charge on any atom is 0.251 e. The molecule has 3 aromatic carbocycles. The van der Waals surface area contributed by atoms with Crippen LogP contribution in [0, 0.1) is 0 Å². The van der Waals surface area contributed by atoms with Gasteiger partial charge < -0.3 is 26.8 Å². The van der Waals surface area contributed by atoms with Gasteiger partial charge in [0.25, 0.3) is 5.91 Å². The highest BCUT2D eigenvalue weighted by Gasteiger charge is 2.33. The molecule has 3 aromatic rings. The van der Waals surface area contributed by atoms with Crippen molar-refractivity contribution in [1.82, 2.24) is 16.0 Å². The van der Waals surface area contributed by atoms with E-state index in [0.29, 0.717) is 0 Å². The van der Waals surface area contributed by atoms with Gasteiger partial charge in [0.1, 0.15) is 12.5 Å². The Morgan fingerprint density at radius 2 is 1.31 bits per heavy atom. The van der Waals surface area contributed by atoms with Crippen LogP contribution in [-0.4, -0.2) is 46.9 Å². The summed E-state index contributed by atoms with van der Waals surface area (Å²) in [6, 6.07) is 25.4. The van der Waals surface area contributed by atoms with Crippen LogP contribution in [0.4, 0.5) is 0 Å². The third-order valence-electron chi connectivity index (χ3n) is 6.34. The Morgan fingerprint density at radius 1 is 0.769 bits per heavy atom. The van der Waals surface area contributed by atoms with E-state index >= 15 is 0 Å². The maximum atomic E-state index is 13.6. The van der Waals surface area contributed by atoms with Crippen LogP contribution in [0.2, 0.25) is 0 Å². The van der Waals surface area contributed by atoms with Crippen LogP contribution in [-0.2, 0) is 32.1 Å². The maximum absolute atomic E-state index is 13.6. The van der Waals surface area contributed by atoms with Crippen LogP contribution in [0.3, 0.4) is 0 Å². The van der Waals surface area contributed by atoms with Gasteiger partial charge in [0.05, 0.1) is 6.04 Å². The number of primary amides is 1. The summed E-state index contributed by atoms with van der Waals surface area (Å²) >= 11 is 0. The van der Waals surface area contributed by atoms with Crippen LogP contribution in [0.5, 0.6) is 0 Å². The highest BCUT2D eigenvalue weighted by Crippen LogP contribution is 2.20. The molecule has 39 heavy (non-hydrogen) atoms. The molecule has 1 unspecified atom stereocenters. The molecule has 0 aliphatic heterocycles. The Bertz CT molecular complexity index is 1240. The summed E-state index contributed by atoms with van der Waals surface area (Å²) in [5, 5.41) is 19.1. The molecule has 4 amide bonds. The lowest BCUT2D eigenvalue weighted by molar-refractivity contribution is -0.135. The van der Waals surface area contributed by atoms with Crippen molar-refractivity contribution >= 4 is 23.6 Å². The van der Waals surface area contributed by atoms with Gasteiger partial charge in [-0.05, 0) is 23.1 Å². The first-order chi connectivity index (χ1) is 18.7. The number of carbonyl (C=O) groups is 4. The molecule has 4 atom stereocenters. The third kappa shape index (κ3) is 9.08. The number of amides is 4. The summed E-state index contributed by atoms with van der Waals surface area (Å²) in [5.41, 5.74) is 7.59. The average Bonchev–Trinajstić information content (AvgIpc) is 2.94. The van der Waals surface area contributed by atoms with Crippen LogP contribution in [0.25, 0.3) is 0 Å². The molecule has 204 valence electrons. The number of aliphatic hydroxyl groups excluding tert-OH is 1. The Labute approximate surface area is 227 Å². The molecular weight excluding hydrogens is 496 g/mol. The van der Waals surface area contributed by atoms with Gasteiger partial charge in [0.2, 0.25) is 17.7 Å². The first kappa shape index (κ1) is 29.1. The molecule has 9 heteroatoms. The summed E-state index contributed by atoms with van der Waals surface area (Å²) in [7, 11) is 0. The smallest absolute Gasteiger partial charge is 0.251 e. The van der Waals surface area contributed by atoms with Crippen molar-refractivity contribution < 1.29 is 24.3 Å². The summed E-state index contributed by atoms with van der Waals surface area (Å²) in [4.78, 5) is 50.3. The second kappa shape index (κ2) is 14.4. The van der Waals surface area contributed by atoms with E-state index in [2.05, 4.69) is 16.0 Å². The van der Waals surface area contributed by atoms with Gasteiger partial charge in [-0.25, -0.2) is 0 Å². The van der Waals surface area contributed by atoms with E-state index in [0.717, 1.165) is 16.7 Å². The predicted octanol–water partition coefficient (Wildman–Crippen LogP) is 1.56. The largest absolute Gasteiger partial charge is 0.381 e. The van der Waals surface area contributed by atoms with Crippen molar-refractivity contribution in [3.05, 3.63) is 108 Å². The summed E-state index contributed by atoms with van der Waals surface area (Å²) in [6.45, 7) is 1.97. The minimum atomic E-state index is -1.58. The van der Waals surface area contributed by atoms with E-state index in [1.54, 1.807) is 6.92 Å². The zero-order valence-corrected chi connectivity index (χ0v) is 21.7. The molecule has 9 nitrogen and oxygen atoms in total. The number of aliphatic hydroxyl groups is 1. The standard InChI is InChI=1S/C30H34N4O5/c1-20(23-15-9-4-10-16-23)27(34-26(36)18-25(31)35)29(38)33-24(17-21-11-5-2-6-12-21)28(37)30(39)32-19-22-13-7-3-8-14-22/h2-16,20,24,27-28,37H,17-19H2,1H3,(H2,31,35)(H,32,39)(H,33,38)(H,34,36)/t20?,24-,27-,28-/m0/s1. The fraction of sp³-hybridized carbons (Fsp3) is 0.267. The molecule has 0 bridgehead atoms. The van der Waals surface area contributed by atoms with Gasteiger partial charge in [-0.1, -0.05) is 97.9 Å². The van der Waals surface area contributed by atoms with Crippen LogP contribution in [0.15, 0.2) is 91.0 Å². The number of rotatable bonds is 13. The Balaban J connectivity index is 1.82. The van der Waals surface area contributed by atoms with E-state index in [-0.39, 0.29) is 13.0 Å².